The highest BCUT2D eigenvalue weighted by atomic mass is 16.5. The number of carbonyl (C=O) groups is 3. The van der Waals surface area contributed by atoms with Gasteiger partial charge in [0.15, 0.2) is 0 Å². The number of piperidine rings is 1. The quantitative estimate of drug-likeness (QED) is 0.451. The average molecular weight is 467 g/mol. The van der Waals surface area contributed by atoms with Crippen molar-refractivity contribution in [3.8, 4) is 0 Å². The van der Waals surface area contributed by atoms with Crippen LogP contribution in [0.4, 0.5) is 11.4 Å². The minimum Gasteiger partial charge on any atom is -0.462 e. The van der Waals surface area contributed by atoms with Gasteiger partial charge in [-0.2, -0.15) is 0 Å². The summed E-state index contributed by atoms with van der Waals surface area (Å²) in [5, 5.41) is 2.90. The van der Waals surface area contributed by atoms with Crippen LogP contribution in [0.1, 0.15) is 70.8 Å². The lowest BCUT2D eigenvalue weighted by atomic mass is 10.1. The Kier molecular flexibility index (Phi) is 8.15. The third-order valence-electron chi connectivity index (χ3n) is 6.26. The van der Waals surface area contributed by atoms with Gasteiger partial charge in [-0.05, 0) is 71.2 Å². The van der Waals surface area contributed by atoms with Crippen LogP contribution in [0.3, 0.4) is 0 Å². The Hall–Kier alpha value is -3.55. The summed E-state index contributed by atoms with van der Waals surface area (Å²) in [4.78, 5) is 39.5. The highest BCUT2D eigenvalue weighted by Gasteiger charge is 2.22. The largest absolute Gasteiger partial charge is 0.462 e. The van der Waals surface area contributed by atoms with Gasteiger partial charge in [0.1, 0.15) is 0 Å². The number of amides is 2. The smallest absolute Gasteiger partial charge is 0.340 e. The highest BCUT2D eigenvalue weighted by molar-refractivity contribution is 6.06. The Morgan fingerprint density at radius 1 is 1.09 bits per heavy atom. The number of primary amides is 1. The number of nitrogens with zero attached hydrogens (tertiary/aromatic N) is 2. The molecular formula is C26H34N4O4. The fraction of sp³-hybridized carbons (Fsp3) is 0.423. The summed E-state index contributed by atoms with van der Waals surface area (Å²) in [7, 11) is 0. The van der Waals surface area contributed by atoms with E-state index in [0.717, 1.165) is 43.0 Å². The molecule has 34 heavy (non-hydrogen) atoms. The van der Waals surface area contributed by atoms with Crippen molar-refractivity contribution in [3.05, 3.63) is 52.4 Å². The molecule has 0 unspecified atom stereocenters. The van der Waals surface area contributed by atoms with Gasteiger partial charge in [0.25, 0.3) is 0 Å². The van der Waals surface area contributed by atoms with Gasteiger partial charge in [0.05, 0.1) is 23.5 Å². The number of benzene rings is 1. The molecule has 0 radical (unpaired) electrons. The standard InChI is InChI=1S/C26H34N4O4/c1-5-30-17(3)20(24(18(30)4)26(33)34-6-2)11-13-23(31)28-21-16-19(25(27)32)10-12-22(21)29-14-8-7-9-15-29/h10-13,16H,5-9,14-15H2,1-4H3,(H2,27,32)(H,28,31). The van der Waals surface area contributed by atoms with Crippen molar-refractivity contribution in [2.24, 2.45) is 5.73 Å². The summed E-state index contributed by atoms with van der Waals surface area (Å²) in [6, 6.07) is 5.13. The van der Waals surface area contributed by atoms with Crippen LogP contribution in [0, 0.1) is 13.8 Å². The first-order valence-electron chi connectivity index (χ1n) is 11.8. The summed E-state index contributed by atoms with van der Waals surface area (Å²) >= 11 is 0. The number of hydrogen-bond acceptors (Lipinski definition) is 5. The van der Waals surface area contributed by atoms with E-state index in [0.29, 0.717) is 28.9 Å². The number of carbonyl (C=O) groups excluding carboxylic acids is 3. The lowest BCUT2D eigenvalue weighted by Crippen LogP contribution is -2.30. The zero-order valence-electron chi connectivity index (χ0n) is 20.4. The summed E-state index contributed by atoms with van der Waals surface area (Å²) in [5.74, 6) is -1.32. The predicted octanol–water partition coefficient (Wildman–Crippen LogP) is 4.04. The van der Waals surface area contributed by atoms with Gasteiger partial charge >= 0.3 is 5.97 Å². The van der Waals surface area contributed by atoms with E-state index in [2.05, 4.69) is 10.2 Å². The van der Waals surface area contributed by atoms with Crippen molar-refractivity contribution in [2.45, 2.75) is 53.5 Å². The molecule has 2 heterocycles. The number of hydrogen-bond donors (Lipinski definition) is 2. The lowest BCUT2D eigenvalue weighted by molar-refractivity contribution is -0.111. The van der Waals surface area contributed by atoms with Crippen molar-refractivity contribution in [1.82, 2.24) is 4.57 Å². The van der Waals surface area contributed by atoms with Crippen LogP contribution < -0.4 is 16.0 Å². The van der Waals surface area contributed by atoms with E-state index in [9.17, 15) is 14.4 Å². The number of anilines is 2. The molecule has 1 saturated heterocycles. The summed E-state index contributed by atoms with van der Waals surface area (Å²) in [6.07, 6.45) is 6.39. The molecule has 8 nitrogen and oxygen atoms in total. The van der Waals surface area contributed by atoms with Crippen LogP contribution in [0.15, 0.2) is 24.3 Å². The minimum atomic E-state index is -0.553. The molecule has 1 aromatic heterocycles. The van der Waals surface area contributed by atoms with Gasteiger partial charge in [0, 0.05) is 48.2 Å². The van der Waals surface area contributed by atoms with E-state index in [1.54, 1.807) is 25.1 Å². The highest BCUT2D eigenvalue weighted by Crippen LogP contribution is 2.30. The lowest BCUT2D eigenvalue weighted by Gasteiger charge is -2.30. The second-order valence-electron chi connectivity index (χ2n) is 8.39. The Balaban J connectivity index is 1.91. The van der Waals surface area contributed by atoms with E-state index < -0.39 is 11.9 Å². The molecule has 0 aliphatic carbocycles. The molecule has 1 fully saturated rings. The number of nitrogens with one attached hydrogen (secondary N) is 1. The molecule has 2 aromatic rings. The maximum absolute atomic E-state index is 12.9. The molecule has 0 spiro atoms. The number of nitrogens with two attached hydrogens (primary N) is 1. The summed E-state index contributed by atoms with van der Waals surface area (Å²) in [6.45, 7) is 10.3. The Morgan fingerprint density at radius 2 is 1.79 bits per heavy atom. The first-order chi connectivity index (χ1) is 16.3. The van der Waals surface area contributed by atoms with Gasteiger partial charge in [-0.15, -0.1) is 0 Å². The van der Waals surface area contributed by atoms with E-state index in [1.807, 2.05) is 31.4 Å². The molecule has 3 rings (SSSR count). The van der Waals surface area contributed by atoms with Crippen LogP contribution in [0.5, 0.6) is 0 Å². The van der Waals surface area contributed by atoms with Gasteiger partial charge in [-0.1, -0.05) is 0 Å². The topological polar surface area (TPSA) is 107 Å². The Labute approximate surface area is 200 Å². The predicted molar refractivity (Wildman–Crippen MR) is 134 cm³/mol. The molecule has 2 amide bonds. The number of esters is 1. The molecule has 8 heteroatoms. The van der Waals surface area contributed by atoms with Gasteiger partial charge < -0.3 is 25.3 Å². The maximum Gasteiger partial charge on any atom is 0.340 e. The van der Waals surface area contributed by atoms with Gasteiger partial charge in [-0.25, -0.2) is 4.79 Å². The summed E-state index contributed by atoms with van der Waals surface area (Å²) in [5.41, 5.74) is 10.0. The zero-order chi connectivity index (χ0) is 24.8. The van der Waals surface area contributed by atoms with Gasteiger partial charge in [0.2, 0.25) is 11.8 Å². The maximum atomic E-state index is 12.9. The molecule has 3 N–H and O–H groups in total. The van der Waals surface area contributed by atoms with E-state index in [-0.39, 0.29) is 12.5 Å². The van der Waals surface area contributed by atoms with Crippen LogP contribution in [-0.4, -0.2) is 42.0 Å². The number of rotatable bonds is 8. The molecule has 0 saturated carbocycles. The minimum absolute atomic E-state index is 0.272. The SMILES string of the molecule is CCOC(=O)c1c(C=CC(=O)Nc2cc(C(N)=O)ccc2N2CCCCC2)c(C)n(CC)c1C. The average Bonchev–Trinajstić information content (AvgIpc) is 3.06. The molecule has 0 atom stereocenters. The van der Waals surface area contributed by atoms with Crippen molar-refractivity contribution in [3.63, 3.8) is 0 Å². The molecule has 1 aromatic carbocycles. The number of ether oxygens (including phenoxy) is 1. The van der Waals surface area contributed by atoms with Crippen molar-refractivity contribution < 1.29 is 19.1 Å². The molecule has 182 valence electrons. The van der Waals surface area contributed by atoms with Gasteiger partial charge in [-0.3, -0.25) is 9.59 Å². The number of aromatic nitrogens is 1. The van der Waals surface area contributed by atoms with Crippen LogP contribution >= 0.6 is 0 Å². The fourth-order valence-corrected chi connectivity index (χ4v) is 4.58. The van der Waals surface area contributed by atoms with Crippen LogP contribution in [-0.2, 0) is 16.1 Å². The molecule has 1 aliphatic heterocycles. The molecular weight excluding hydrogens is 432 g/mol. The van der Waals surface area contributed by atoms with Crippen molar-refractivity contribution in [1.29, 1.82) is 0 Å². The van der Waals surface area contributed by atoms with Crippen LogP contribution in [0.2, 0.25) is 0 Å². The second kappa shape index (κ2) is 11.0. The summed E-state index contributed by atoms with van der Waals surface area (Å²) < 4.78 is 7.27. The third-order valence-corrected chi connectivity index (χ3v) is 6.26. The normalized spacial score (nSPS) is 13.8. The van der Waals surface area contributed by atoms with Crippen LogP contribution in [0.25, 0.3) is 6.08 Å². The molecule has 1 aliphatic rings. The van der Waals surface area contributed by atoms with E-state index in [4.69, 9.17) is 10.5 Å². The second-order valence-corrected chi connectivity index (χ2v) is 8.39. The van der Waals surface area contributed by atoms with Crippen molar-refractivity contribution in [2.75, 3.05) is 29.9 Å². The first kappa shape index (κ1) is 25.1. The van der Waals surface area contributed by atoms with E-state index in [1.165, 1.54) is 12.5 Å². The third kappa shape index (κ3) is 5.32. The monoisotopic (exact) mass is 466 g/mol. The zero-order valence-corrected chi connectivity index (χ0v) is 20.4. The molecule has 0 bridgehead atoms. The van der Waals surface area contributed by atoms with Crippen molar-refractivity contribution >= 4 is 35.2 Å². The fourth-order valence-electron chi connectivity index (χ4n) is 4.58. The Bertz CT molecular complexity index is 1110. The Morgan fingerprint density at radius 3 is 2.41 bits per heavy atom. The van der Waals surface area contributed by atoms with E-state index >= 15 is 0 Å². The first-order valence-corrected chi connectivity index (χ1v) is 11.8.